The van der Waals surface area contributed by atoms with Gasteiger partial charge in [0.2, 0.25) is 0 Å². The minimum atomic E-state index is -4.39. The maximum atomic E-state index is 12.9. The van der Waals surface area contributed by atoms with E-state index in [-0.39, 0.29) is 0 Å². The summed E-state index contributed by atoms with van der Waals surface area (Å²) in [5, 5.41) is 40.7. The van der Waals surface area contributed by atoms with Gasteiger partial charge in [-0.3, -0.25) is 0 Å². The van der Waals surface area contributed by atoms with E-state index in [1.165, 1.54) is 17.7 Å². The van der Waals surface area contributed by atoms with Crippen molar-refractivity contribution < 1.29 is 38.3 Å². The molecule has 0 amide bonds. The Hall–Kier alpha value is -1.97. The van der Waals surface area contributed by atoms with Gasteiger partial charge in [0, 0.05) is 0 Å². The molecular weight excluding hydrogens is 437 g/mol. The first kappa shape index (κ1) is 24.2. The molecule has 33 heavy (non-hydrogen) atoms. The number of hydrogen-bond acceptors (Lipinski definition) is 5. The van der Waals surface area contributed by atoms with E-state index in [2.05, 4.69) is 0 Å². The van der Waals surface area contributed by atoms with Crippen molar-refractivity contribution in [1.29, 1.82) is 0 Å². The minimum Gasteiger partial charge on any atom is -0.394 e. The van der Waals surface area contributed by atoms with Gasteiger partial charge in [-0.15, -0.1) is 0 Å². The SMILES string of the molecule is CCc1c([C@@H]2O[C@H](CO)[C@@H](O)[C@H](O)[C@H]2O)cc(Cc2ccc(C(F)(F)F)cc2)c2c1CCC2. The van der Waals surface area contributed by atoms with Crippen molar-refractivity contribution >= 4 is 0 Å². The van der Waals surface area contributed by atoms with Gasteiger partial charge in [0.05, 0.1) is 12.2 Å². The molecule has 0 saturated carbocycles. The third kappa shape index (κ3) is 4.55. The second kappa shape index (κ2) is 9.35. The molecule has 1 heterocycles. The van der Waals surface area contributed by atoms with E-state index < -0.39 is 48.9 Å². The molecule has 2 aromatic rings. The number of aliphatic hydroxyl groups excluding tert-OH is 4. The van der Waals surface area contributed by atoms with Gasteiger partial charge in [-0.05, 0) is 77.6 Å². The molecule has 1 aliphatic carbocycles. The predicted octanol–water partition coefficient (Wildman–Crippen LogP) is 2.86. The fraction of sp³-hybridized carbons (Fsp3) is 0.520. The molecule has 1 aliphatic heterocycles. The smallest absolute Gasteiger partial charge is 0.394 e. The van der Waals surface area contributed by atoms with Crippen LogP contribution in [0.4, 0.5) is 13.2 Å². The number of benzene rings is 2. The summed E-state index contributed by atoms with van der Waals surface area (Å²) in [6.45, 7) is 1.49. The lowest BCUT2D eigenvalue weighted by atomic mass is 9.83. The molecule has 180 valence electrons. The minimum absolute atomic E-state index is 0.425. The van der Waals surface area contributed by atoms with Crippen LogP contribution in [0.3, 0.4) is 0 Å². The fourth-order valence-corrected chi connectivity index (χ4v) is 5.19. The van der Waals surface area contributed by atoms with Gasteiger partial charge < -0.3 is 25.2 Å². The Balaban J connectivity index is 1.74. The lowest BCUT2D eigenvalue weighted by Crippen LogP contribution is -2.55. The fourth-order valence-electron chi connectivity index (χ4n) is 5.19. The van der Waals surface area contributed by atoms with Crippen LogP contribution in [0.1, 0.15) is 58.4 Å². The van der Waals surface area contributed by atoms with Crippen molar-refractivity contribution in [2.24, 2.45) is 0 Å². The van der Waals surface area contributed by atoms with Crippen LogP contribution >= 0.6 is 0 Å². The number of rotatable bonds is 5. The summed E-state index contributed by atoms with van der Waals surface area (Å²) in [7, 11) is 0. The van der Waals surface area contributed by atoms with E-state index in [0.717, 1.165) is 53.6 Å². The summed E-state index contributed by atoms with van der Waals surface area (Å²) in [5.41, 5.74) is 5.04. The number of alkyl halides is 3. The van der Waals surface area contributed by atoms with Crippen LogP contribution in [0.2, 0.25) is 0 Å². The molecule has 0 bridgehead atoms. The molecule has 1 fully saturated rings. The monoisotopic (exact) mass is 466 g/mol. The first-order valence-electron chi connectivity index (χ1n) is 11.3. The van der Waals surface area contributed by atoms with E-state index in [1.807, 2.05) is 13.0 Å². The number of ether oxygens (including phenoxy) is 1. The molecule has 8 heteroatoms. The predicted molar refractivity (Wildman–Crippen MR) is 115 cm³/mol. The van der Waals surface area contributed by atoms with Crippen molar-refractivity contribution in [3.05, 3.63) is 69.3 Å². The van der Waals surface area contributed by atoms with E-state index in [9.17, 15) is 33.6 Å². The summed E-state index contributed by atoms with van der Waals surface area (Å²) in [6.07, 6.45) is -6.85. The van der Waals surface area contributed by atoms with E-state index >= 15 is 0 Å². The molecule has 0 radical (unpaired) electrons. The lowest BCUT2D eigenvalue weighted by molar-refractivity contribution is -0.231. The number of fused-ring (bicyclic) bond motifs is 1. The van der Waals surface area contributed by atoms with Crippen molar-refractivity contribution in [3.8, 4) is 0 Å². The van der Waals surface area contributed by atoms with Gasteiger partial charge in [0.25, 0.3) is 0 Å². The highest BCUT2D eigenvalue weighted by molar-refractivity contribution is 5.51. The van der Waals surface area contributed by atoms with Crippen LogP contribution in [-0.2, 0) is 36.6 Å². The Morgan fingerprint density at radius 1 is 0.970 bits per heavy atom. The Labute approximate surface area is 190 Å². The summed E-state index contributed by atoms with van der Waals surface area (Å²) < 4.78 is 44.6. The van der Waals surface area contributed by atoms with Crippen molar-refractivity contribution in [2.45, 2.75) is 75.7 Å². The first-order chi connectivity index (χ1) is 15.7. The molecule has 2 aliphatic rings. The van der Waals surface area contributed by atoms with Crippen LogP contribution in [0.25, 0.3) is 0 Å². The summed E-state index contributed by atoms with van der Waals surface area (Å²) in [5.74, 6) is 0. The zero-order chi connectivity index (χ0) is 23.9. The van der Waals surface area contributed by atoms with Gasteiger partial charge >= 0.3 is 6.18 Å². The highest BCUT2D eigenvalue weighted by atomic mass is 19.4. The Kier molecular flexibility index (Phi) is 6.85. The third-order valence-electron chi connectivity index (χ3n) is 6.88. The van der Waals surface area contributed by atoms with E-state index in [1.54, 1.807) is 0 Å². The highest BCUT2D eigenvalue weighted by Crippen LogP contribution is 2.40. The highest BCUT2D eigenvalue weighted by Gasteiger charge is 2.45. The standard InChI is InChI=1S/C25H29F3O5/c1-2-16-18-5-3-4-17(18)14(10-13-6-8-15(9-7-13)25(26,27)28)11-19(16)24-23(32)22(31)21(30)20(12-29)33-24/h6-9,11,20-24,29-32H,2-5,10,12H2,1H3/t20-,21-,22+,23-,24+/m1/s1. The molecule has 5 atom stereocenters. The molecule has 5 nitrogen and oxygen atoms in total. The molecule has 2 aromatic carbocycles. The van der Waals surface area contributed by atoms with E-state index in [4.69, 9.17) is 4.74 Å². The van der Waals surface area contributed by atoms with Gasteiger partial charge in [-0.1, -0.05) is 25.1 Å². The second-order valence-electron chi connectivity index (χ2n) is 8.89. The normalized spacial score (nSPS) is 27.6. The second-order valence-corrected chi connectivity index (χ2v) is 8.89. The maximum absolute atomic E-state index is 12.9. The van der Waals surface area contributed by atoms with Crippen molar-refractivity contribution in [2.75, 3.05) is 6.61 Å². The zero-order valence-electron chi connectivity index (χ0n) is 18.3. The molecule has 1 saturated heterocycles. The Morgan fingerprint density at radius 3 is 2.24 bits per heavy atom. The number of halogens is 3. The molecule has 4 rings (SSSR count). The Bertz CT molecular complexity index is 987. The zero-order valence-corrected chi connectivity index (χ0v) is 18.3. The summed E-state index contributed by atoms with van der Waals surface area (Å²) in [4.78, 5) is 0. The van der Waals surface area contributed by atoms with Gasteiger partial charge in [-0.25, -0.2) is 0 Å². The lowest BCUT2D eigenvalue weighted by Gasteiger charge is -2.41. The largest absolute Gasteiger partial charge is 0.416 e. The average Bonchev–Trinajstić information content (AvgIpc) is 3.27. The summed E-state index contributed by atoms with van der Waals surface area (Å²) >= 11 is 0. The van der Waals surface area contributed by atoms with Gasteiger partial charge in [-0.2, -0.15) is 13.2 Å². The van der Waals surface area contributed by atoms with Crippen LogP contribution in [-0.4, -0.2) is 51.4 Å². The first-order valence-corrected chi connectivity index (χ1v) is 11.3. The Morgan fingerprint density at radius 2 is 1.64 bits per heavy atom. The van der Waals surface area contributed by atoms with Gasteiger partial charge in [0.1, 0.15) is 30.5 Å². The molecule has 0 aromatic heterocycles. The third-order valence-corrected chi connectivity index (χ3v) is 6.88. The van der Waals surface area contributed by atoms with Crippen LogP contribution in [0.15, 0.2) is 30.3 Å². The van der Waals surface area contributed by atoms with Crippen LogP contribution in [0, 0.1) is 0 Å². The van der Waals surface area contributed by atoms with Crippen molar-refractivity contribution in [1.82, 2.24) is 0 Å². The molecule has 4 N–H and O–H groups in total. The maximum Gasteiger partial charge on any atom is 0.416 e. The van der Waals surface area contributed by atoms with E-state index in [0.29, 0.717) is 18.4 Å². The average molecular weight is 466 g/mol. The van der Waals surface area contributed by atoms with Crippen LogP contribution < -0.4 is 0 Å². The van der Waals surface area contributed by atoms with Gasteiger partial charge in [0.15, 0.2) is 0 Å². The quantitative estimate of drug-likeness (QED) is 0.544. The summed E-state index contributed by atoms with van der Waals surface area (Å²) in [6, 6.07) is 7.02. The molecule has 0 unspecified atom stereocenters. The number of hydrogen-bond donors (Lipinski definition) is 4. The number of aliphatic hydroxyl groups is 4. The van der Waals surface area contributed by atoms with Crippen LogP contribution in [0.5, 0.6) is 0 Å². The molecule has 0 spiro atoms. The van der Waals surface area contributed by atoms with Crippen molar-refractivity contribution in [3.63, 3.8) is 0 Å². The molecular formula is C25H29F3O5. The topological polar surface area (TPSA) is 90.2 Å².